The van der Waals surface area contributed by atoms with Crippen molar-refractivity contribution in [1.82, 2.24) is 4.57 Å². The van der Waals surface area contributed by atoms with Gasteiger partial charge >= 0.3 is 0 Å². The molecule has 0 saturated carbocycles. The van der Waals surface area contributed by atoms with Crippen molar-refractivity contribution < 1.29 is 0 Å². The van der Waals surface area contributed by atoms with Gasteiger partial charge in [0.2, 0.25) is 0 Å². The van der Waals surface area contributed by atoms with Crippen LogP contribution in [0.5, 0.6) is 0 Å². The molecule has 0 fully saturated rings. The van der Waals surface area contributed by atoms with Gasteiger partial charge in [-0.2, -0.15) is 0 Å². The molecule has 0 amide bonds. The van der Waals surface area contributed by atoms with Crippen LogP contribution < -0.4 is 9.80 Å². The second-order valence-electron chi connectivity index (χ2n) is 20.6. The van der Waals surface area contributed by atoms with E-state index in [9.17, 15) is 0 Å². The summed E-state index contributed by atoms with van der Waals surface area (Å²) in [7, 11) is 0. The lowest BCUT2D eigenvalue weighted by atomic mass is 9.68. The zero-order valence-electron chi connectivity index (χ0n) is 38.6. The molecule has 0 radical (unpaired) electrons. The van der Waals surface area contributed by atoms with Gasteiger partial charge in [0.25, 0.3) is 0 Å². The van der Waals surface area contributed by atoms with Crippen LogP contribution in [0, 0.1) is 5.92 Å². The number of fused-ring (bicyclic) bond motifs is 4. The minimum atomic E-state index is -0.245. The van der Waals surface area contributed by atoms with E-state index in [1.165, 1.54) is 94.6 Å². The summed E-state index contributed by atoms with van der Waals surface area (Å²) in [5.74, 6) is 0.382. The number of hydrogen-bond acceptors (Lipinski definition) is 2. The summed E-state index contributed by atoms with van der Waals surface area (Å²) in [4.78, 5) is 4.91. The third-order valence-corrected chi connectivity index (χ3v) is 16.0. The fourth-order valence-electron chi connectivity index (χ4n) is 12.5. The molecule has 0 spiro atoms. The zero-order chi connectivity index (χ0) is 44.7. The Morgan fingerprint density at radius 2 is 0.939 bits per heavy atom. The molecule has 13 rings (SSSR count). The molecule has 4 aliphatic rings. The van der Waals surface area contributed by atoms with Crippen LogP contribution in [0.1, 0.15) is 81.3 Å². The topological polar surface area (TPSA) is 11.4 Å². The van der Waals surface area contributed by atoms with Gasteiger partial charge in [0.15, 0.2) is 0 Å². The summed E-state index contributed by atoms with van der Waals surface area (Å²) < 4.78 is 2.66. The van der Waals surface area contributed by atoms with Gasteiger partial charge in [-0.25, -0.2) is 0 Å². The molecular formula is C63H53N3. The average Bonchev–Trinajstić information content (AvgIpc) is 3.79. The first-order chi connectivity index (χ1) is 32.0. The molecule has 2 aliphatic carbocycles. The Morgan fingerprint density at radius 1 is 0.424 bits per heavy atom. The Kier molecular flexibility index (Phi) is 8.18. The van der Waals surface area contributed by atoms with Crippen molar-refractivity contribution in [3.63, 3.8) is 0 Å². The van der Waals surface area contributed by atoms with Gasteiger partial charge in [-0.15, -0.1) is 0 Å². The minimum absolute atomic E-state index is 0.0194. The van der Waals surface area contributed by atoms with Gasteiger partial charge in [0.05, 0.1) is 16.7 Å². The molecular weight excluding hydrogens is 799 g/mol. The van der Waals surface area contributed by atoms with Crippen LogP contribution in [0.25, 0.3) is 44.2 Å². The molecule has 1 atom stereocenters. The fraction of sp³-hybridized carbons (Fsp3) is 0.175. The highest BCUT2D eigenvalue weighted by molar-refractivity contribution is 6.16. The highest BCUT2D eigenvalue weighted by Crippen LogP contribution is 2.58. The number of rotatable bonds is 7. The van der Waals surface area contributed by atoms with Gasteiger partial charge in [-0.05, 0) is 147 Å². The molecule has 3 nitrogen and oxygen atoms in total. The van der Waals surface area contributed by atoms with Crippen LogP contribution in [0.4, 0.5) is 28.4 Å². The fourth-order valence-corrected chi connectivity index (χ4v) is 12.5. The third-order valence-electron chi connectivity index (χ3n) is 16.0. The number of allylic oxidation sites excluding steroid dienone is 4. The largest absolute Gasteiger partial charge is 0.314 e. The van der Waals surface area contributed by atoms with Crippen molar-refractivity contribution in [3.8, 4) is 16.8 Å². The second-order valence-corrected chi connectivity index (χ2v) is 20.6. The maximum atomic E-state index is 2.66. The Hall–Kier alpha value is -7.36. The molecule has 2 aliphatic heterocycles. The van der Waals surface area contributed by atoms with Crippen molar-refractivity contribution in [1.29, 1.82) is 0 Å². The number of nitrogens with zero attached hydrogens (tertiary/aromatic N) is 3. The number of anilines is 5. The van der Waals surface area contributed by atoms with Gasteiger partial charge in [0, 0.05) is 55.7 Å². The predicted molar refractivity (Wildman–Crippen MR) is 277 cm³/mol. The van der Waals surface area contributed by atoms with E-state index in [0.29, 0.717) is 5.92 Å². The predicted octanol–water partition coefficient (Wildman–Crippen LogP) is 16.6. The van der Waals surface area contributed by atoms with Crippen LogP contribution in [-0.2, 0) is 16.2 Å². The summed E-state index contributed by atoms with van der Waals surface area (Å²) in [5.41, 5.74) is 23.0. The van der Waals surface area contributed by atoms with E-state index in [-0.39, 0.29) is 16.2 Å². The quantitative estimate of drug-likeness (QED) is 0.158. The molecule has 3 heteroatoms. The zero-order valence-corrected chi connectivity index (χ0v) is 38.6. The van der Waals surface area contributed by atoms with E-state index in [2.05, 4.69) is 250 Å². The maximum absolute atomic E-state index is 2.66. The lowest BCUT2D eigenvalue weighted by molar-refractivity contribution is 0.406. The Balaban J connectivity index is 1.04. The molecule has 0 bridgehead atoms. The van der Waals surface area contributed by atoms with Crippen molar-refractivity contribution in [3.05, 3.63) is 233 Å². The lowest BCUT2D eigenvalue weighted by Gasteiger charge is -2.42. The summed E-state index contributed by atoms with van der Waals surface area (Å²) >= 11 is 0. The van der Waals surface area contributed by atoms with Gasteiger partial charge < -0.3 is 14.4 Å². The molecule has 0 saturated heterocycles. The van der Waals surface area contributed by atoms with E-state index in [1.807, 2.05) is 0 Å². The van der Waals surface area contributed by atoms with Crippen molar-refractivity contribution in [2.45, 2.75) is 64.2 Å². The lowest BCUT2D eigenvalue weighted by Crippen LogP contribution is -2.33. The average molecular weight is 852 g/mol. The number of para-hydroxylation sites is 4. The highest BCUT2D eigenvalue weighted by Gasteiger charge is 2.46. The number of benzene rings is 8. The van der Waals surface area contributed by atoms with Crippen LogP contribution in [0.3, 0.4) is 0 Å². The van der Waals surface area contributed by atoms with Gasteiger partial charge in [-0.1, -0.05) is 157 Å². The molecule has 66 heavy (non-hydrogen) atoms. The van der Waals surface area contributed by atoms with E-state index in [1.54, 1.807) is 0 Å². The summed E-state index contributed by atoms with van der Waals surface area (Å²) in [6.07, 6.45) is 5.80. The maximum Gasteiger partial charge on any atom is 0.0583 e. The first kappa shape index (κ1) is 39.0. The molecule has 8 aromatic carbocycles. The first-order valence-electron chi connectivity index (χ1n) is 23.7. The normalized spacial score (nSPS) is 17.6. The van der Waals surface area contributed by atoms with E-state index >= 15 is 0 Å². The monoisotopic (exact) mass is 851 g/mol. The Bertz CT molecular complexity index is 3470. The van der Waals surface area contributed by atoms with E-state index in [4.69, 9.17) is 0 Å². The molecule has 0 N–H and O–H groups in total. The van der Waals surface area contributed by atoms with Crippen molar-refractivity contribution in [2.24, 2.45) is 5.92 Å². The first-order valence-corrected chi connectivity index (χ1v) is 23.7. The molecule has 9 aromatic rings. The minimum Gasteiger partial charge on any atom is -0.314 e. The van der Waals surface area contributed by atoms with Gasteiger partial charge in [0.1, 0.15) is 0 Å². The smallest absolute Gasteiger partial charge is 0.0583 e. The van der Waals surface area contributed by atoms with Crippen molar-refractivity contribution >= 4 is 55.8 Å². The van der Waals surface area contributed by atoms with E-state index < -0.39 is 0 Å². The van der Waals surface area contributed by atoms with Crippen LogP contribution in [0.2, 0.25) is 0 Å². The summed E-state index contributed by atoms with van der Waals surface area (Å²) in [6, 6.07) is 67.8. The summed E-state index contributed by atoms with van der Waals surface area (Å²) in [6.45, 7) is 14.7. The Labute approximate surface area is 388 Å². The van der Waals surface area contributed by atoms with Crippen LogP contribution in [-0.4, -0.2) is 4.57 Å². The molecule has 3 heterocycles. The summed E-state index contributed by atoms with van der Waals surface area (Å²) in [5, 5.41) is 2.62. The molecule has 1 unspecified atom stereocenters. The highest BCUT2D eigenvalue weighted by atomic mass is 15.2. The second kappa shape index (κ2) is 13.8. The standard InChI is InChI=1S/C63H53N3/c1-61(2)52-26-17-16-25-48(52)49-34-33-46(38-55(49)61)65(44-23-14-9-15-24-44)47-37-51-50-35-41(40-29-31-45(32-30-40)64(42-19-10-7-11-20-42)43-21-12-8-13-22-43)36-56-58(50)66-59(51)57(39-47)63(5,6)54-28-18-27-53(60(54)66)62(56,3)4/h7-37,39,55H,38H2,1-6H3. The van der Waals surface area contributed by atoms with Crippen molar-refractivity contribution in [2.75, 3.05) is 9.80 Å². The molecule has 320 valence electrons. The van der Waals surface area contributed by atoms with Gasteiger partial charge in [-0.3, -0.25) is 0 Å². The van der Waals surface area contributed by atoms with Crippen LogP contribution >= 0.6 is 0 Å². The van der Waals surface area contributed by atoms with Crippen LogP contribution in [0.15, 0.2) is 200 Å². The van der Waals surface area contributed by atoms with E-state index in [0.717, 1.165) is 23.5 Å². The SMILES string of the molecule is CC1(C)c2cccc3c2-n2c4c1cc(-c1ccc(N(c5ccccc5)c5ccccc5)cc1)cc4c1cc(N(C4=CC=C5c6ccccc6C(C)(C)C5C4)c4ccccc4)cc(c12)C3(C)C. The number of hydrogen-bond donors (Lipinski definition) is 0. The molecule has 1 aromatic heterocycles. The third kappa shape index (κ3) is 5.37. The Morgan fingerprint density at radius 3 is 1.56 bits per heavy atom. The number of aromatic nitrogens is 1.